The van der Waals surface area contributed by atoms with Gasteiger partial charge in [0.25, 0.3) is 0 Å². The van der Waals surface area contributed by atoms with E-state index in [1.807, 2.05) is 12.1 Å². The molecular weight excluding hydrogens is 329 g/mol. The van der Waals surface area contributed by atoms with Crippen molar-refractivity contribution in [3.05, 3.63) is 34.1 Å². The molecule has 0 amide bonds. The molecule has 0 spiro atoms. The van der Waals surface area contributed by atoms with E-state index in [1.165, 1.54) is 32.1 Å². The Morgan fingerprint density at radius 3 is 2.29 bits per heavy atom. The van der Waals surface area contributed by atoms with E-state index in [0.717, 1.165) is 35.7 Å². The number of benzene rings is 1. The number of hydrogen-bond acceptors (Lipinski definition) is 1. The van der Waals surface area contributed by atoms with Crippen LogP contribution in [0.2, 0.25) is 0 Å². The van der Waals surface area contributed by atoms with Gasteiger partial charge >= 0.3 is 0 Å². The van der Waals surface area contributed by atoms with Gasteiger partial charge in [0, 0.05) is 6.04 Å². The highest BCUT2D eigenvalue weighted by molar-refractivity contribution is 9.10. The van der Waals surface area contributed by atoms with Crippen LogP contribution in [-0.4, -0.2) is 6.04 Å². The van der Waals surface area contributed by atoms with Crippen molar-refractivity contribution in [1.29, 1.82) is 0 Å². The highest BCUT2D eigenvalue weighted by Gasteiger charge is 2.49. The Balaban J connectivity index is 1.49. The first-order valence-electron chi connectivity index (χ1n) is 8.29. The molecular formula is C18H23BrFN. The second kappa shape index (κ2) is 5.34. The molecule has 1 aromatic carbocycles. The third kappa shape index (κ3) is 2.57. The van der Waals surface area contributed by atoms with Crippen molar-refractivity contribution in [1.82, 2.24) is 0 Å². The van der Waals surface area contributed by atoms with Crippen LogP contribution in [0.25, 0.3) is 0 Å². The van der Waals surface area contributed by atoms with Crippen LogP contribution < -0.4 is 5.73 Å². The molecule has 1 aromatic rings. The van der Waals surface area contributed by atoms with Crippen molar-refractivity contribution in [2.24, 2.45) is 35.3 Å². The smallest absolute Gasteiger partial charge is 0.137 e. The summed E-state index contributed by atoms with van der Waals surface area (Å²) < 4.78 is 13.9. The van der Waals surface area contributed by atoms with Gasteiger partial charge in [0.15, 0.2) is 0 Å². The molecule has 4 saturated carbocycles. The lowest BCUT2D eigenvalue weighted by Gasteiger charge is -2.56. The molecule has 4 fully saturated rings. The molecule has 4 aliphatic carbocycles. The molecule has 114 valence electrons. The van der Waals surface area contributed by atoms with E-state index < -0.39 is 0 Å². The van der Waals surface area contributed by atoms with Gasteiger partial charge in [0.05, 0.1) is 4.47 Å². The standard InChI is InChI=1S/C18H23BrFN/c19-15-8-10(1-2-16(15)20)9-17(21)18-13-4-11-3-12(6-13)7-14(18)5-11/h1-2,8,11-14,17-18H,3-7,9,21H2. The van der Waals surface area contributed by atoms with Gasteiger partial charge in [-0.3, -0.25) is 0 Å². The van der Waals surface area contributed by atoms with Crippen molar-refractivity contribution in [2.75, 3.05) is 0 Å². The average Bonchev–Trinajstić information content (AvgIpc) is 2.41. The van der Waals surface area contributed by atoms with Gasteiger partial charge in [-0.2, -0.15) is 0 Å². The van der Waals surface area contributed by atoms with Crippen LogP contribution in [0, 0.1) is 35.4 Å². The summed E-state index contributed by atoms with van der Waals surface area (Å²) in [6, 6.07) is 5.56. The van der Waals surface area contributed by atoms with Crippen LogP contribution in [0.3, 0.4) is 0 Å². The van der Waals surface area contributed by atoms with Gasteiger partial charge in [-0.1, -0.05) is 6.07 Å². The minimum atomic E-state index is -0.193. The highest BCUT2D eigenvalue weighted by atomic mass is 79.9. The molecule has 0 heterocycles. The molecule has 1 atom stereocenters. The molecule has 0 radical (unpaired) electrons. The quantitative estimate of drug-likeness (QED) is 0.850. The first kappa shape index (κ1) is 14.2. The summed E-state index contributed by atoms with van der Waals surface area (Å²) >= 11 is 3.28. The Labute approximate surface area is 134 Å². The van der Waals surface area contributed by atoms with Crippen LogP contribution in [-0.2, 0) is 6.42 Å². The second-order valence-corrected chi connectivity index (χ2v) is 8.48. The number of hydrogen-bond donors (Lipinski definition) is 1. The molecule has 2 N–H and O–H groups in total. The van der Waals surface area contributed by atoms with Gasteiger partial charge in [-0.05, 0) is 102 Å². The van der Waals surface area contributed by atoms with Crippen molar-refractivity contribution in [3.8, 4) is 0 Å². The van der Waals surface area contributed by atoms with E-state index >= 15 is 0 Å². The first-order chi connectivity index (χ1) is 10.1. The lowest BCUT2D eigenvalue weighted by atomic mass is 9.50. The SMILES string of the molecule is NC(Cc1ccc(F)c(Br)c1)C1C2CC3CC(C2)CC1C3. The zero-order chi connectivity index (χ0) is 14.6. The van der Waals surface area contributed by atoms with Gasteiger partial charge in [-0.25, -0.2) is 4.39 Å². The van der Waals surface area contributed by atoms with Gasteiger partial charge in [-0.15, -0.1) is 0 Å². The lowest BCUT2D eigenvalue weighted by Crippen LogP contribution is -2.52. The molecule has 4 aliphatic rings. The fourth-order valence-electron chi connectivity index (χ4n) is 5.74. The maximum atomic E-state index is 13.3. The fraction of sp³-hybridized carbons (Fsp3) is 0.667. The molecule has 0 aliphatic heterocycles. The zero-order valence-corrected chi connectivity index (χ0v) is 13.9. The summed E-state index contributed by atoms with van der Waals surface area (Å²) in [6.45, 7) is 0. The zero-order valence-electron chi connectivity index (χ0n) is 12.3. The minimum absolute atomic E-state index is 0.193. The van der Waals surface area contributed by atoms with Crippen molar-refractivity contribution in [2.45, 2.75) is 44.6 Å². The molecule has 1 unspecified atom stereocenters. The molecule has 21 heavy (non-hydrogen) atoms. The molecule has 0 saturated heterocycles. The predicted molar refractivity (Wildman–Crippen MR) is 86.3 cm³/mol. The highest BCUT2D eigenvalue weighted by Crippen LogP contribution is 2.57. The van der Waals surface area contributed by atoms with Crippen LogP contribution >= 0.6 is 15.9 Å². The van der Waals surface area contributed by atoms with E-state index in [4.69, 9.17) is 5.73 Å². The van der Waals surface area contributed by atoms with Crippen LogP contribution in [0.1, 0.15) is 37.7 Å². The van der Waals surface area contributed by atoms with Crippen LogP contribution in [0.15, 0.2) is 22.7 Å². The average molecular weight is 352 g/mol. The van der Waals surface area contributed by atoms with Crippen molar-refractivity contribution < 1.29 is 4.39 Å². The molecule has 3 heteroatoms. The summed E-state index contributed by atoms with van der Waals surface area (Å²) in [5.74, 6) is 4.22. The Bertz CT molecular complexity index is 516. The largest absolute Gasteiger partial charge is 0.327 e. The lowest BCUT2D eigenvalue weighted by molar-refractivity contribution is -0.0464. The number of halogens is 2. The minimum Gasteiger partial charge on any atom is -0.327 e. The van der Waals surface area contributed by atoms with Gasteiger partial charge < -0.3 is 5.73 Å². The molecule has 5 rings (SSSR count). The summed E-state index contributed by atoms with van der Waals surface area (Å²) in [7, 11) is 0. The topological polar surface area (TPSA) is 26.0 Å². The molecule has 1 nitrogen and oxygen atoms in total. The third-order valence-corrected chi connectivity index (χ3v) is 6.86. The molecule has 4 bridgehead atoms. The van der Waals surface area contributed by atoms with E-state index in [1.54, 1.807) is 6.07 Å². The Morgan fingerprint density at radius 2 is 1.71 bits per heavy atom. The maximum absolute atomic E-state index is 13.3. The predicted octanol–water partition coefficient (Wildman–Crippen LogP) is 4.53. The number of nitrogens with two attached hydrogens (primary N) is 1. The number of rotatable bonds is 3. The van der Waals surface area contributed by atoms with Crippen molar-refractivity contribution in [3.63, 3.8) is 0 Å². The Morgan fingerprint density at radius 1 is 1.10 bits per heavy atom. The van der Waals surface area contributed by atoms with Crippen LogP contribution in [0.4, 0.5) is 4.39 Å². The van der Waals surface area contributed by atoms with Crippen LogP contribution in [0.5, 0.6) is 0 Å². The summed E-state index contributed by atoms with van der Waals surface area (Å²) in [5.41, 5.74) is 7.77. The second-order valence-electron chi connectivity index (χ2n) is 7.62. The Hall–Kier alpha value is -0.410. The fourth-order valence-corrected chi connectivity index (χ4v) is 6.17. The third-order valence-electron chi connectivity index (χ3n) is 6.25. The molecule has 0 aromatic heterocycles. The summed E-state index contributed by atoms with van der Waals surface area (Å²) in [5, 5.41) is 0. The van der Waals surface area contributed by atoms with Gasteiger partial charge in [0.1, 0.15) is 5.82 Å². The van der Waals surface area contributed by atoms with E-state index in [0.29, 0.717) is 10.4 Å². The van der Waals surface area contributed by atoms with E-state index in [2.05, 4.69) is 15.9 Å². The van der Waals surface area contributed by atoms with E-state index in [-0.39, 0.29) is 11.9 Å². The van der Waals surface area contributed by atoms with E-state index in [9.17, 15) is 4.39 Å². The van der Waals surface area contributed by atoms with Crippen molar-refractivity contribution >= 4 is 15.9 Å². The normalized spacial score (nSPS) is 38.7. The monoisotopic (exact) mass is 351 g/mol. The summed E-state index contributed by atoms with van der Waals surface area (Å²) in [6.07, 6.45) is 8.03. The maximum Gasteiger partial charge on any atom is 0.137 e. The van der Waals surface area contributed by atoms with Gasteiger partial charge in [0.2, 0.25) is 0 Å². The summed E-state index contributed by atoms with van der Waals surface area (Å²) in [4.78, 5) is 0. The Kier molecular flexibility index (Phi) is 3.61. The first-order valence-corrected chi connectivity index (χ1v) is 9.09.